The van der Waals surface area contributed by atoms with Crippen LogP contribution in [0.25, 0.3) is 0 Å². The maximum atomic E-state index is 12.7. The third kappa shape index (κ3) is 3.14. The second kappa shape index (κ2) is 5.83. The predicted molar refractivity (Wildman–Crippen MR) is 85.3 cm³/mol. The summed E-state index contributed by atoms with van der Waals surface area (Å²) in [4.78, 5) is 25.0. The number of sulfone groups is 1. The van der Waals surface area contributed by atoms with Crippen LogP contribution in [0.1, 0.15) is 30.7 Å². The Balaban J connectivity index is 1.80. The Morgan fingerprint density at radius 3 is 2.46 bits per heavy atom. The van der Waals surface area contributed by atoms with Gasteiger partial charge in [0.2, 0.25) is 5.91 Å². The van der Waals surface area contributed by atoms with Gasteiger partial charge in [0.1, 0.15) is 17.9 Å². The summed E-state index contributed by atoms with van der Waals surface area (Å²) in [6.07, 6.45) is 2.21. The smallest absolute Gasteiger partial charge is 0.312 e. The number of aromatic nitrogens is 2. The Morgan fingerprint density at radius 1 is 1.33 bits per heavy atom. The van der Waals surface area contributed by atoms with Gasteiger partial charge in [-0.05, 0) is 33.1 Å². The molecule has 0 aromatic carbocycles. The van der Waals surface area contributed by atoms with E-state index in [9.17, 15) is 23.3 Å². The van der Waals surface area contributed by atoms with Gasteiger partial charge in [0.05, 0.1) is 16.4 Å². The van der Waals surface area contributed by atoms with Gasteiger partial charge in [-0.15, -0.1) is 0 Å². The van der Waals surface area contributed by atoms with E-state index >= 15 is 0 Å². The molecule has 1 saturated heterocycles. The SMILES string of the molecule is Cc1nn(CC(=O)N(C2CC2)[C@@H]2CCS(=O)(=O)C2)c(C)c1[N+](=O)[O-]. The largest absolute Gasteiger partial charge is 0.334 e. The van der Waals surface area contributed by atoms with E-state index in [0.717, 1.165) is 12.8 Å². The van der Waals surface area contributed by atoms with E-state index in [0.29, 0.717) is 12.1 Å². The van der Waals surface area contributed by atoms with Gasteiger partial charge in [-0.2, -0.15) is 5.10 Å². The molecule has 24 heavy (non-hydrogen) atoms. The second-order valence-corrected chi connectivity index (χ2v) is 8.75. The molecule has 0 radical (unpaired) electrons. The van der Waals surface area contributed by atoms with Gasteiger partial charge in [-0.3, -0.25) is 19.6 Å². The van der Waals surface area contributed by atoms with Crippen LogP contribution in [0.15, 0.2) is 0 Å². The van der Waals surface area contributed by atoms with Gasteiger partial charge >= 0.3 is 5.69 Å². The van der Waals surface area contributed by atoms with E-state index in [1.807, 2.05) is 0 Å². The first kappa shape index (κ1) is 16.9. The van der Waals surface area contributed by atoms with Crippen molar-refractivity contribution in [3.8, 4) is 0 Å². The molecular formula is C14H20N4O5S. The molecular weight excluding hydrogens is 336 g/mol. The van der Waals surface area contributed by atoms with E-state index in [1.54, 1.807) is 11.8 Å². The van der Waals surface area contributed by atoms with Crippen molar-refractivity contribution in [2.45, 2.75) is 51.7 Å². The van der Waals surface area contributed by atoms with Crippen LogP contribution in [0.3, 0.4) is 0 Å². The molecule has 1 atom stereocenters. The minimum Gasteiger partial charge on any atom is -0.334 e. The average molecular weight is 356 g/mol. The number of aryl methyl sites for hydroxylation is 1. The maximum Gasteiger partial charge on any atom is 0.312 e. The lowest BCUT2D eigenvalue weighted by Gasteiger charge is -2.28. The summed E-state index contributed by atoms with van der Waals surface area (Å²) < 4.78 is 24.8. The minimum atomic E-state index is -3.08. The number of amides is 1. The molecule has 3 rings (SSSR count). The Labute approximate surface area is 139 Å². The number of nitro groups is 1. The summed E-state index contributed by atoms with van der Waals surface area (Å²) in [5, 5.41) is 15.2. The van der Waals surface area contributed by atoms with Gasteiger partial charge < -0.3 is 4.90 Å². The number of rotatable bonds is 5. The molecule has 0 spiro atoms. The second-order valence-electron chi connectivity index (χ2n) is 6.52. The normalized spacial score (nSPS) is 22.5. The molecule has 132 valence electrons. The van der Waals surface area contributed by atoms with Crippen molar-refractivity contribution >= 4 is 21.4 Å². The van der Waals surface area contributed by atoms with E-state index in [2.05, 4.69) is 5.10 Å². The first-order valence-electron chi connectivity index (χ1n) is 7.89. The molecule has 2 fully saturated rings. The van der Waals surface area contributed by atoms with Gasteiger partial charge in [-0.1, -0.05) is 0 Å². The topological polar surface area (TPSA) is 115 Å². The standard InChI is InChI=1S/C14H20N4O5S/c1-9-14(18(20)21)10(2)16(15-9)7-13(19)17(11-3-4-11)12-5-6-24(22,23)8-12/h11-12H,3-8H2,1-2H3/t12-/m1/s1. The lowest BCUT2D eigenvalue weighted by atomic mass is 10.2. The zero-order chi connectivity index (χ0) is 17.6. The molecule has 1 amide bonds. The number of hydrogen-bond donors (Lipinski definition) is 0. The van der Waals surface area contributed by atoms with Crippen LogP contribution in [0.2, 0.25) is 0 Å². The fourth-order valence-electron chi connectivity index (χ4n) is 3.37. The van der Waals surface area contributed by atoms with Gasteiger partial charge in [-0.25, -0.2) is 8.42 Å². The number of carbonyl (C=O) groups excluding carboxylic acids is 1. The molecule has 1 saturated carbocycles. The fourth-order valence-corrected chi connectivity index (χ4v) is 5.08. The molecule has 2 aliphatic rings. The Kier molecular flexibility index (Phi) is 4.10. The summed E-state index contributed by atoms with van der Waals surface area (Å²) >= 11 is 0. The van der Waals surface area contributed by atoms with Crippen LogP contribution < -0.4 is 0 Å². The number of hydrogen-bond acceptors (Lipinski definition) is 6. The molecule has 0 bridgehead atoms. The summed E-state index contributed by atoms with van der Waals surface area (Å²) in [7, 11) is -3.08. The van der Waals surface area contributed by atoms with E-state index in [4.69, 9.17) is 0 Å². The minimum absolute atomic E-state index is 0.00645. The molecule has 10 heteroatoms. The highest BCUT2D eigenvalue weighted by molar-refractivity contribution is 7.91. The van der Waals surface area contributed by atoms with Gasteiger partial charge in [0.25, 0.3) is 0 Å². The zero-order valence-electron chi connectivity index (χ0n) is 13.6. The van der Waals surface area contributed by atoms with Crippen LogP contribution in [-0.4, -0.2) is 57.5 Å². The summed E-state index contributed by atoms with van der Waals surface area (Å²) in [6, 6.07) is -0.204. The lowest BCUT2D eigenvalue weighted by Crippen LogP contribution is -2.44. The predicted octanol–water partition coefficient (Wildman–Crippen LogP) is 0.586. The lowest BCUT2D eigenvalue weighted by molar-refractivity contribution is -0.386. The molecule has 1 aromatic rings. The maximum absolute atomic E-state index is 12.7. The van der Waals surface area contributed by atoms with E-state index < -0.39 is 14.8 Å². The molecule has 1 aliphatic carbocycles. The first-order chi connectivity index (χ1) is 11.2. The average Bonchev–Trinajstić information content (AvgIpc) is 3.15. The quantitative estimate of drug-likeness (QED) is 0.563. The zero-order valence-corrected chi connectivity index (χ0v) is 14.5. The van der Waals surface area contributed by atoms with Crippen LogP contribution >= 0.6 is 0 Å². The highest BCUT2D eigenvalue weighted by atomic mass is 32.2. The third-order valence-electron chi connectivity index (χ3n) is 4.64. The van der Waals surface area contributed by atoms with Crippen molar-refractivity contribution in [1.29, 1.82) is 0 Å². The summed E-state index contributed by atoms with van der Waals surface area (Å²) in [5.41, 5.74) is 0.525. The number of carbonyl (C=O) groups is 1. The van der Waals surface area contributed by atoms with Crippen LogP contribution in [0, 0.1) is 24.0 Å². The molecule has 9 nitrogen and oxygen atoms in total. The van der Waals surface area contributed by atoms with Crippen molar-refractivity contribution in [1.82, 2.24) is 14.7 Å². The van der Waals surface area contributed by atoms with E-state index in [1.165, 1.54) is 11.6 Å². The van der Waals surface area contributed by atoms with Gasteiger partial charge in [0, 0.05) is 12.1 Å². The Hall–Kier alpha value is -1.97. The molecule has 1 aromatic heterocycles. The Bertz CT molecular complexity index is 796. The molecule has 0 N–H and O–H groups in total. The highest BCUT2D eigenvalue weighted by Crippen LogP contribution is 2.32. The Morgan fingerprint density at radius 2 is 2.00 bits per heavy atom. The van der Waals surface area contributed by atoms with Crippen LogP contribution in [0.4, 0.5) is 5.69 Å². The van der Waals surface area contributed by atoms with Crippen molar-refractivity contribution in [3.63, 3.8) is 0 Å². The van der Waals surface area contributed by atoms with Crippen molar-refractivity contribution in [2.24, 2.45) is 0 Å². The monoisotopic (exact) mass is 356 g/mol. The van der Waals surface area contributed by atoms with Crippen molar-refractivity contribution in [3.05, 3.63) is 21.5 Å². The van der Waals surface area contributed by atoms with E-state index in [-0.39, 0.29) is 47.4 Å². The van der Waals surface area contributed by atoms with Crippen molar-refractivity contribution < 1.29 is 18.1 Å². The summed E-state index contributed by atoms with van der Waals surface area (Å²) in [5.74, 6) is -0.105. The first-order valence-corrected chi connectivity index (χ1v) is 9.71. The van der Waals surface area contributed by atoms with Crippen LogP contribution in [-0.2, 0) is 21.2 Å². The van der Waals surface area contributed by atoms with Crippen molar-refractivity contribution in [2.75, 3.05) is 11.5 Å². The molecule has 0 unspecified atom stereocenters. The van der Waals surface area contributed by atoms with Gasteiger partial charge in [0.15, 0.2) is 9.84 Å². The highest BCUT2D eigenvalue weighted by Gasteiger charge is 2.42. The fraction of sp³-hybridized carbons (Fsp3) is 0.714. The molecule has 2 heterocycles. The molecule has 1 aliphatic heterocycles. The third-order valence-corrected chi connectivity index (χ3v) is 6.39. The van der Waals surface area contributed by atoms with Crippen LogP contribution in [0.5, 0.6) is 0 Å². The number of nitrogens with zero attached hydrogens (tertiary/aromatic N) is 4. The summed E-state index contributed by atoms with van der Waals surface area (Å²) in [6.45, 7) is 2.99.